The summed E-state index contributed by atoms with van der Waals surface area (Å²) in [7, 11) is 0. The van der Waals surface area contributed by atoms with E-state index in [1.807, 2.05) is 0 Å². The number of alkyl halides is 3. The average molecular weight is 360 g/mol. The molecule has 0 aromatic heterocycles. The highest BCUT2D eigenvalue weighted by Crippen LogP contribution is 2.40. The van der Waals surface area contributed by atoms with Crippen LogP contribution < -0.4 is 0 Å². The van der Waals surface area contributed by atoms with E-state index in [9.17, 15) is 4.79 Å². The number of hydrogen-bond donors (Lipinski definition) is 0. The summed E-state index contributed by atoms with van der Waals surface area (Å²) in [6, 6.07) is 6.90. The Kier molecular flexibility index (Phi) is 5.85. The lowest BCUT2D eigenvalue weighted by Crippen LogP contribution is -2.41. The molecule has 0 saturated heterocycles. The minimum atomic E-state index is -1.75. The van der Waals surface area contributed by atoms with Crippen molar-refractivity contribution in [1.82, 2.24) is 0 Å². The van der Waals surface area contributed by atoms with E-state index >= 15 is 0 Å². The van der Waals surface area contributed by atoms with Gasteiger partial charge in [-0.2, -0.15) is 0 Å². The van der Waals surface area contributed by atoms with Gasteiger partial charge in [0.15, 0.2) is 5.60 Å². The van der Waals surface area contributed by atoms with Gasteiger partial charge in [0.1, 0.15) is 6.10 Å². The smallest absolute Gasteiger partial charge is 0.426 e. The summed E-state index contributed by atoms with van der Waals surface area (Å²) in [5.41, 5.74) is -0.535. The lowest BCUT2D eigenvalue weighted by Gasteiger charge is -2.31. The summed E-state index contributed by atoms with van der Waals surface area (Å²) in [5, 5.41) is 0.598. The van der Waals surface area contributed by atoms with Gasteiger partial charge < -0.3 is 9.47 Å². The molecule has 1 aromatic carbocycles. The standard InChI is InChI=1S/C13H14Cl4O3/c1-8(9-4-6-10(14)7-5-9)19-11(18)20-12(2,3)13(15,16)17/h4-8H,1-3H3. The van der Waals surface area contributed by atoms with Crippen molar-refractivity contribution in [3.63, 3.8) is 0 Å². The molecular weight excluding hydrogens is 346 g/mol. The van der Waals surface area contributed by atoms with Crippen molar-refractivity contribution in [1.29, 1.82) is 0 Å². The Balaban J connectivity index is 2.65. The fourth-order valence-electron chi connectivity index (χ4n) is 1.24. The summed E-state index contributed by atoms with van der Waals surface area (Å²) in [5.74, 6) is 0. The third-order valence-electron chi connectivity index (χ3n) is 2.63. The molecule has 3 nitrogen and oxygen atoms in total. The van der Waals surface area contributed by atoms with Crippen LogP contribution in [0.3, 0.4) is 0 Å². The van der Waals surface area contributed by atoms with Crippen LogP contribution >= 0.6 is 46.4 Å². The molecule has 1 rings (SSSR count). The maximum absolute atomic E-state index is 11.7. The third-order valence-corrected chi connectivity index (χ3v) is 4.25. The van der Waals surface area contributed by atoms with Crippen molar-refractivity contribution in [2.75, 3.05) is 0 Å². The zero-order chi connectivity index (χ0) is 15.6. The number of hydrogen-bond acceptors (Lipinski definition) is 3. The van der Waals surface area contributed by atoms with Crippen LogP contribution in [0.4, 0.5) is 4.79 Å². The molecule has 0 aliphatic carbocycles. The largest absolute Gasteiger partial charge is 0.509 e. The minimum absolute atomic E-state index is 0.508. The lowest BCUT2D eigenvalue weighted by molar-refractivity contribution is -0.0301. The summed E-state index contributed by atoms with van der Waals surface area (Å²) in [6.07, 6.45) is -1.42. The van der Waals surface area contributed by atoms with E-state index in [0.717, 1.165) is 5.56 Å². The van der Waals surface area contributed by atoms with Gasteiger partial charge in [-0.05, 0) is 38.5 Å². The summed E-state index contributed by atoms with van der Waals surface area (Å²) < 4.78 is 8.41. The second-order valence-corrected chi connectivity index (χ2v) is 7.39. The van der Waals surface area contributed by atoms with Gasteiger partial charge in [-0.15, -0.1) is 0 Å². The Morgan fingerprint density at radius 3 is 2.10 bits per heavy atom. The predicted octanol–water partition coefficient (Wildman–Crippen LogP) is 5.70. The quantitative estimate of drug-likeness (QED) is 0.512. The van der Waals surface area contributed by atoms with E-state index in [-0.39, 0.29) is 0 Å². The molecule has 0 spiro atoms. The Hall–Kier alpha value is -0.350. The van der Waals surface area contributed by atoms with Gasteiger partial charge in [0, 0.05) is 5.02 Å². The topological polar surface area (TPSA) is 35.5 Å². The molecule has 1 unspecified atom stereocenters. The van der Waals surface area contributed by atoms with Crippen LogP contribution in [0.25, 0.3) is 0 Å². The average Bonchev–Trinajstić information content (AvgIpc) is 2.27. The van der Waals surface area contributed by atoms with E-state index in [1.165, 1.54) is 13.8 Å². The SMILES string of the molecule is CC(OC(=O)OC(C)(C)C(Cl)(Cl)Cl)c1ccc(Cl)cc1. The first-order chi connectivity index (χ1) is 9.03. The monoisotopic (exact) mass is 358 g/mol. The number of halogens is 4. The molecular formula is C13H14Cl4O3. The zero-order valence-corrected chi connectivity index (χ0v) is 14.1. The second-order valence-electron chi connectivity index (χ2n) is 4.67. The minimum Gasteiger partial charge on any atom is -0.426 e. The summed E-state index contributed by atoms with van der Waals surface area (Å²) >= 11 is 23.0. The molecule has 0 saturated carbocycles. The molecule has 0 bridgehead atoms. The number of rotatable bonds is 3. The molecule has 7 heteroatoms. The maximum Gasteiger partial charge on any atom is 0.509 e. The Bertz CT molecular complexity index is 465. The number of benzene rings is 1. The zero-order valence-electron chi connectivity index (χ0n) is 11.1. The van der Waals surface area contributed by atoms with Crippen LogP contribution in [-0.4, -0.2) is 15.5 Å². The Labute approximate surface area is 138 Å². The van der Waals surface area contributed by atoms with Crippen molar-refractivity contribution in [3.8, 4) is 0 Å². The van der Waals surface area contributed by atoms with Gasteiger partial charge in [-0.1, -0.05) is 58.5 Å². The van der Waals surface area contributed by atoms with Crippen molar-refractivity contribution in [2.45, 2.75) is 36.3 Å². The molecule has 20 heavy (non-hydrogen) atoms. The fourth-order valence-corrected chi connectivity index (χ4v) is 1.48. The lowest BCUT2D eigenvalue weighted by atomic mass is 10.1. The van der Waals surface area contributed by atoms with Crippen molar-refractivity contribution in [3.05, 3.63) is 34.9 Å². The maximum atomic E-state index is 11.7. The first kappa shape index (κ1) is 17.7. The molecule has 0 aliphatic heterocycles. The summed E-state index contributed by atoms with van der Waals surface area (Å²) in [6.45, 7) is 4.66. The van der Waals surface area contributed by atoms with Crippen LogP contribution in [0.5, 0.6) is 0 Å². The van der Waals surface area contributed by atoms with Crippen LogP contribution in [0.2, 0.25) is 5.02 Å². The molecule has 0 amide bonds. The number of carbonyl (C=O) groups excluding carboxylic acids is 1. The molecule has 0 heterocycles. The van der Waals surface area contributed by atoms with E-state index in [2.05, 4.69) is 0 Å². The van der Waals surface area contributed by atoms with Crippen LogP contribution in [0.15, 0.2) is 24.3 Å². The predicted molar refractivity (Wildman–Crippen MR) is 81.8 cm³/mol. The normalized spacial score (nSPS) is 13.8. The highest BCUT2D eigenvalue weighted by atomic mass is 35.6. The van der Waals surface area contributed by atoms with Crippen molar-refractivity contribution >= 4 is 52.6 Å². The van der Waals surface area contributed by atoms with Gasteiger partial charge in [-0.25, -0.2) is 4.79 Å². The third kappa shape index (κ3) is 4.88. The van der Waals surface area contributed by atoms with Gasteiger partial charge in [0.2, 0.25) is 3.79 Å². The molecule has 0 N–H and O–H groups in total. The Morgan fingerprint density at radius 2 is 1.65 bits per heavy atom. The molecule has 1 aromatic rings. The Morgan fingerprint density at radius 1 is 1.15 bits per heavy atom. The van der Waals surface area contributed by atoms with Crippen LogP contribution in [0.1, 0.15) is 32.4 Å². The highest BCUT2D eigenvalue weighted by Gasteiger charge is 2.44. The van der Waals surface area contributed by atoms with Crippen LogP contribution in [0, 0.1) is 0 Å². The van der Waals surface area contributed by atoms with Gasteiger partial charge in [-0.3, -0.25) is 0 Å². The second kappa shape index (κ2) is 6.61. The molecule has 0 radical (unpaired) electrons. The molecule has 1 atom stereocenters. The number of ether oxygens (including phenoxy) is 2. The van der Waals surface area contributed by atoms with E-state index in [0.29, 0.717) is 5.02 Å². The van der Waals surface area contributed by atoms with E-state index < -0.39 is 21.7 Å². The molecule has 112 valence electrons. The first-order valence-corrected chi connectivity index (χ1v) is 7.26. The van der Waals surface area contributed by atoms with E-state index in [4.69, 9.17) is 55.9 Å². The van der Waals surface area contributed by atoms with E-state index in [1.54, 1.807) is 31.2 Å². The number of carbonyl (C=O) groups is 1. The fraction of sp³-hybridized carbons (Fsp3) is 0.462. The van der Waals surface area contributed by atoms with Crippen molar-refractivity contribution in [2.24, 2.45) is 0 Å². The highest BCUT2D eigenvalue weighted by molar-refractivity contribution is 6.68. The molecule has 0 fully saturated rings. The summed E-state index contributed by atoms with van der Waals surface area (Å²) in [4.78, 5) is 11.7. The van der Waals surface area contributed by atoms with Gasteiger partial charge >= 0.3 is 6.16 Å². The van der Waals surface area contributed by atoms with Crippen molar-refractivity contribution < 1.29 is 14.3 Å². The first-order valence-electron chi connectivity index (χ1n) is 5.75. The van der Waals surface area contributed by atoms with Gasteiger partial charge in [0.25, 0.3) is 0 Å². The molecule has 0 aliphatic rings. The van der Waals surface area contributed by atoms with Gasteiger partial charge in [0.05, 0.1) is 0 Å². The van der Waals surface area contributed by atoms with Crippen LogP contribution in [-0.2, 0) is 9.47 Å².